The lowest BCUT2D eigenvalue weighted by Crippen LogP contribution is -2.58. The summed E-state index contributed by atoms with van der Waals surface area (Å²) in [5.41, 5.74) is -0.899. The molecule has 4 amide bonds. The minimum atomic E-state index is -4.69. The predicted molar refractivity (Wildman–Crippen MR) is 135 cm³/mol. The van der Waals surface area contributed by atoms with Crippen molar-refractivity contribution < 1.29 is 32.3 Å². The first-order valence-corrected chi connectivity index (χ1v) is 12.8. The molecule has 1 saturated heterocycles. The summed E-state index contributed by atoms with van der Waals surface area (Å²) in [4.78, 5) is 44.0. The Balaban J connectivity index is 2.03. The maximum atomic E-state index is 13.9. The lowest BCUT2D eigenvalue weighted by molar-refractivity contribution is -0.141. The number of carbonyl (C=O) groups is 3. The maximum absolute atomic E-state index is 13.9. The second-order valence-corrected chi connectivity index (χ2v) is 9.67. The molecular formula is C26H36F3N5O4. The summed E-state index contributed by atoms with van der Waals surface area (Å²) in [7, 11) is 0. The molecule has 1 fully saturated rings. The largest absolute Gasteiger partial charge is 0.463 e. The van der Waals surface area contributed by atoms with Gasteiger partial charge in [-0.05, 0) is 46.2 Å². The molecular weight excluding hydrogens is 503 g/mol. The molecule has 0 aromatic heterocycles. The van der Waals surface area contributed by atoms with E-state index in [0.29, 0.717) is 25.3 Å². The molecule has 2 atom stereocenters. The smallest absolute Gasteiger partial charge is 0.416 e. The Morgan fingerprint density at radius 3 is 2.45 bits per heavy atom. The molecule has 1 aromatic carbocycles. The minimum Gasteiger partial charge on any atom is -0.463 e. The Labute approximate surface area is 221 Å². The van der Waals surface area contributed by atoms with Crippen molar-refractivity contribution in [1.29, 1.82) is 0 Å². The summed E-state index contributed by atoms with van der Waals surface area (Å²) in [6.45, 7) is 10.7. The van der Waals surface area contributed by atoms with Crippen LogP contribution in [0.25, 0.3) is 0 Å². The molecule has 0 saturated carbocycles. The highest BCUT2D eigenvalue weighted by molar-refractivity contribution is 5.95. The van der Waals surface area contributed by atoms with Gasteiger partial charge in [-0.3, -0.25) is 9.80 Å². The number of halogens is 3. The molecule has 38 heavy (non-hydrogen) atoms. The number of likely N-dealkylation sites (N-methyl/N-ethyl adjacent to an activating group) is 1. The maximum Gasteiger partial charge on any atom is 0.416 e. The predicted octanol–water partition coefficient (Wildman–Crippen LogP) is 3.73. The van der Waals surface area contributed by atoms with Gasteiger partial charge in [-0.25, -0.2) is 14.4 Å². The average Bonchev–Trinajstić information content (AvgIpc) is 2.83. The second kappa shape index (κ2) is 12.1. The van der Waals surface area contributed by atoms with Crippen LogP contribution in [0.5, 0.6) is 0 Å². The number of benzene rings is 1. The first-order valence-electron chi connectivity index (χ1n) is 12.8. The number of carbonyl (C=O) groups excluding carboxylic acids is 3. The highest BCUT2D eigenvalue weighted by Crippen LogP contribution is 2.39. The van der Waals surface area contributed by atoms with E-state index in [1.165, 1.54) is 23.1 Å². The third-order valence-electron chi connectivity index (χ3n) is 6.59. The third-order valence-corrected chi connectivity index (χ3v) is 6.59. The van der Waals surface area contributed by atoms with Crippen LogP contribution in [-0.4, -0.2) is 84.1 Å². The fourth-order valence-corrected chi connectivity index (χ4v) is 4.92. The van der Waals surface area contributed by atoms with Gasteiger partial charge in [0.25, 0.3) is 0 Å². The van der Waals surface area contributed by atoms with E-state index < -0.39 is 29.8 Å². The zero-order chi connectivity index (χ0) is 28.2. The molecule has 0 unspecified atom stereocenters. The van der Waals surface area contributed by atoms with Crippen molar-refractivity contribution in [3.8, 4) is 0 Å². The summed E-state index contributed by atoms with van der Waals surface area (Å²) in [6, 6.07) is 2.61. The Bertz CT molecular complexity index is 1080. The van der Waals surface area contributed by atoms with E-state index in [4.69, 9.17) is 4.74 Å². The van der Waals surface area contributed by atoms with E-state index in [1.807, 2.05) is 25.7 Å². The Kier molecular flexibility index (Phi) is 9.29. The molecule has 2 heterocycles. The van der Waals surface area contributed by atoms with Crippen LogP contribution in [0.4, 0.5) is 22.8 Å². The Morgan fingerprint density at radius 2 is 1.87 bits per heavy atom. The number of urea groups is 2. The molecule has 2 N–H and O–H groups in total. The molecule has 9 nitrogen and oxygen atoms in total. The highest BCUT2D eigenvalue weighted by atomic mass is 19.4. The molecule has 3 rings (SSSR count). The van der Waals surface area contributed by atoms with E-state index >= 15 is 0 Å². The fourth-order valence-electron chi connectivity index (χ4n) is 4.92. The second-order valence-electron chi connectivity index (χ2n) is 9.67. The Morgan fingerprint density at radius 1 is 1.18 bits per heavy atom. The number of piperazine rings is 1. The van der Waals surface area contributed by atoms with Gasteiger partial charge in [0.1, 0.15) is 0 Å². The van der Waals surface area contributed by atoms with Crippen LogP contribution in [0, 0.1) is 0 Å². The van der Waals surface area contributed by atoms with Crippen LogP contribution in [0.15, 0.2) is 35.5 Å². The lowest BCUT2D eigenvalue weighted by Gasteiger charge is -2.43. The summed E-state index contributed by atoms with van der Waals surface area (Å²) in [5, 5.41) is 5.48. The number of nitrogens with one attached hydrogen (secondary N) is 2. The fraction of sp³-hybridized carbons (Fsp3) is 0.577. The number of hydrogen-bond acceptors (Lipinski definition) is 5. The zero-order valence-corrected chi connectivity index (χ0v) is 22.4. The van der Waals surface area contributed by atoms with Gasteiger partial charge in [-0.2, -0.15) is 13.2 Å². The van der Waals surface area contributed by atoms with Gasteiger partial charge in [-0.15, -0.1) is 0 Å². The summed E-state index contributed by atoms with van der Waals surface area (Å²) < 4.78 is 47.0. The third kappa shape index (κ3) is 6.40. The molecule has 1 aromatic rings. The van der Waals surface area contributed by atoms with Crippen LogP contribution in [0.1, 0.15) is 51.8 Å². The molecule has 210 valence electrons. The number of nitrogens with zero attached hydrogens (tertiary/aromatic N) is 3. The van der Waals surface area contributed by atoms with Crippen molar-refractivity contribution in [3.63, 3.8) is 0 Å². The normalized spacial score (nSPS) is 21.0. The molecule has 0 aliphatic carbocycles. The van der Waals surface area contributed by atoms with Gasteiger partial charge in [-0.1, -0.05) is 18.2 Å². The van der Waals surface area contributed by atoms with Crippen molar-refractivity contribution in [2.75, 3.05) is 39.3 Å². The quantitative estimate of drug-likeness (QED) is 0.515. The van der Waals surface area contributed by atoms with Gasteiger partial charge in [0.05, 0.1) is 23.8 Å². The van der Waals surface area contributed by atoms with Crippen LogP contribution >= 0.6 is 0 Å². The number of rotatable bonds is 7. The van der Waals surface area contributed by atoms with Gasteiger partial charge >= 0.3 is 24.2 Å². The molecule has 12 heteroatoms. The van der Waals surface area contributed by atoms with Crippen molar-refractivity contribution >= 4 is 18.0 Å². The number of amides is 4. The van der Waals surface area contributed by atoms with Crippen molar-refractivity contribution in [2.24, 2.45) is 0 Å². The summed E-state index contributed by atoms with van der Waals surface area (Å²) in [6.07, 6.45) is -4.69. The molecule has 2 aliphatic heterocycles. The summed E-state index contributed by atoms with van der Waals surface area (Å²) >= 11 is 0. The van der Waals surface area contributed by atoms with E-state index in [0.717, 1.165) is 6.07 Å². The number of alkyl halides is 3. The number of ether oxygens (including phenoxy) is 1. The molecule has 0 bridgehead atoms. The topological polar surface area (TPSA) is 94.2 Å². The zero-order valence-electron chi connectivity index (χ0n) is 22.4. The monoisotopic (exact) mass is 539 g/mol. The van der Waals surface area contributed by atoms with Gasteiger partial charge in [0.15, 0.2) is 0 Å². The standard InChI is InChI=1S/C26H36F3N5O4/c1-6-33-20(15-32-12-13-34(17(5)14-32)24(36)30-16(3)4)21(23(35)38-7-2)22(31-25(33)37)18-10-8-9-11-19(18)26(27,28)29/h8-11,16-17,22H,6-7,12-15H2,1-5H3,(H,30,36)(H,31,37)/t17-,22+/m1/s1. The molecule has 2 aliphatic rings. The SMILES string of the molecule is CCOC(=O)C1=C(CN2CCN(C(=O)NC(C)C)[C@H](C)C2)N(CC)C(=O)N[C@H]1c1ccccc1C(F)(F)F. The van der Waals surface area contributed by atoms with E-state index in [2.05, 4.69) is 10.6 Å². The van der Waals surface area contributed by atoms with Crippen LogP contribution in [0.3, 0.4) is 0 Å². The van der Waals surface area contributed by atoms with Crippen molar-refractivity contribution in [3.05, 3.63) is 46.7 Å². The van der Waals surface area contributed by atoms with Gasteiger partial charge in [0, 0.05) is 50.5 Å². The molecule has 0 spiro atoms. The number of esters is 1. The van der Waals surface area contributed by atoms with E-state index in [-0.39, 0.29) is 48.9 Å². The average molecular weight is 540 g/mol. The van der Waals surface area contributed by atoms with E-state index in [9.17, 15) is 27.6 Å². The van der Waals surface area contributed by atoms with Crippen LogP contribution in [0.2, 0.25) is 0 Å². The first kappa shape index (κ1) is 29.3. The van der Waals surface area contributed by atoms with E-state index in [1.54, 1.807) is 18.7 Å². The van der Waals surface area contributed by atoms with Gasteiger partial charge in [0.2, 0.25) is 0 Å². The van der Waals surface area contributed by atoms with Crippen molar-refractivity contribution in [2.45, 2.75) is 58.9 Å². The lowest BCUT2D eigenvalue weighted by atomic mass is 9.90. The first-order chi connectivity index (χ1) is 17.9. The molecule has 0 radical (unpaired) electrons. The minimum absolute atomic E-state index is 0.0135. The number of hydrogen-bond donors (Lipinski definition) is 2. The Hall–Kier alpha value is -3.28. The summed E-state index contributed by atoms with van der Waals surface area (Å²) in [5.74, 6) is -0.786. The highest BCUT2D eigenvalue weighted by Gasteiger charge is 2.43. The van der Waals surface area contributed by atoms with Crippen LogP contribution < -0.4 is 10.6 Å². The van der Waals surface area contributed by atoms with Gasteiger partial charge < -0.3 is 20.3 Å². The van der Waals surface area contributed by atoms with Crippen molar-refractivity contribution in [1.82, 2.24) is 25.3 Å². The van der Waals surface area contributed by atoms with Crippen LogP contribution in [-0.2, 0) is 15.7 Å².